The smallest absolute Gasteiger partial charge is 0.326 e. The second-order valence-electron chi connectivity index (χ2n) is 8.88. The zero-order valence-corrected chi connectivity index (χ0v) is 20.9. The van der Waals surface area contributed by atoms with Crippen LogP contribution in [0.15, 0.2) is 24.3 Å². The number of amides is 1. The Morgan fingerprint density at radius 1 is 0.818 bits per heavy atom. The van der Waals surface area contributed by atoms with Crippen molar-refractivity contribution in [3.63, 3.8) is 0 Å². The highest BCUT2D eigenvalue weighted by Crippen LogP contribution is 2.60. The fourth-order valence-electron chi connectivity index (χ4n) is 3.88. The molecule has 0 fully saturated rings. The van der Waals surface area contributed by atoms with Crippen LogP contribution < -0.4 is 5.32 Å². The lowest BCUT2D eigenvalue weighted by Gasteiger charge is -2.21. The standard InChI is InChI=1S/C25H42F2NO4P/c1-2-3-4-5-6-7-8-9-10-11-12-13-14-15-16-21-24(29)28-23-20-18-17-19-22(23)25(26,27)33(30,31)32/h17-20H,2-16,21H2,1H3,(H,28,29)(H2,30,31,32). The molecule has 1 aromatic carbocycles. The van der Waals surface area contributed by atoms with E-state index in [1.165, 1.54) is 88.8 Å². The summed E-state index contributed by atoms with van der Waals surface area (Å²) >= 11 is 0. The first-order valence-electron chi connectivity index (χ1n) is 12.5. The normalized spacial score (nSPS) is 12.2. The molecule has 0 spiro atoms. The summed E-state index contributed by atoms with van der Waals surface area (Å²) in [6.07, 6.45) is 18.4. The maximum absolute atomic E-state index is 14.1. The molecule has 0 aliphatic rings. The molecular formula is C25H42F2NO4P. The van der Waals surface area contributed by atoms with Crippen molar-refractivity contribution in [2.24, 2.45) is 0 Å². The molecule has 33 heavy (non-hydrogen) atoms. The average molecular weight is 490 g/mol. The highest BCUT2D eigenvalue weighted by atomic mass is 31.2. The molecule has 0 saturated heterocycles. The summed E-state index contributed by atoms with van der Waals surface area (Å²) in [5, 5.41) is 2.38. The summed E-state index contributed by atoms with van der Waals surface area (Å²) in [6.45, 7) is 2.24. The second kappa shape index (κ2) is 16.3. The molecule has 1 aromatic rings. The molecular weight excluding hydrogens is 447 g/mol. The number of carbonyl (C=O) groups is 1. The zero-order valence-electron chi connectivity index (χ0n) is 20.0. The van der Waals surface area contributed by atoms with Crippen LogP contribution >= 0.6 is 7.60 Å². The number of alkyl halides is 2. The number of hydrogen-bond acceptors (Lipinski definition) is 2. The van der Waals surface area contributed by atoms with Crippen LogP contribution in [0.4, 0.5) is 14.5 Å². The average Bonchev–Trinajstić information content (AvgIpc) is 2.76. The maximum Gasteiger partial charge on any atom is 0.399 e. The molecule has 8 heteroatoms. The van der Waals surface area contributed by atoms with Crippen LogP contribution in [-0.4, -0.2) is 15.7 Å². The largest absolute Gasteiger partial charge is 0.399 e. The monoisotopic (exact) mass is 489 g/mol. The van der Waals surface area contributed by atoms with E-state index in [1.54, 1.807) is 0 Å². The van der Waals surface area contributed by atoms with Gasteiger partial charge in [0, 0.05) is 6.42 Å². The third-order valence-electron chi connectivity index (χ3n) is 5.90. The van der Waals surface area contributed by atoms with E-state index in [2.05, 4.69) is 12.2 Å². The SMILES string of the molecule is CCCCCCCCCCCCCCCCCC(=O)Nc1ccccc1C(F)(F)P(=O)(O)O. The van der Waals surface area contributed by atoms with Crippen molar-refractivity contribution >= 4 is 19.2 Å². The van der Waals surface area contributed by atoms with Gasteiger partial charge in [0.1, 0.15) is 0 Å². The number of rotatable bonds is 19. The van der Waals surface area contributed by atoms with Crippen LogP contribution in [0.5, 0.6) is 0 Å². The lowest BCUT2D eigenvalue weighted by molar-refractivity contribution is -0.116. The lowest BCUT2D eigenvalue weighted by Crippen LogP contribution is -2.19. The van der Waals surface area contributed by atoms with Crippen LogP contribution in [0.2, 0.25) is 0 Å². The van der Waals surface area contributed by atoms with Crippen molar-refractivity contribution in [1.29, 1.82) is 0 Å². The Labute approximate surface area is 197 Å². The predicted octanol–water partition coefficient (Wildman–Crippen LogP) is 8.11. The molecule has 3 N–H and O–H groups in total. The van der Waals surface area contributed by atoms with E-state index in [0.29, 0.717) is 6.42 Å². The molecule has 0 heterocycles. The Hall–Kier alpha value is -1.30. The van der Waals surface area contributed by atoms with Crippen molar-refractivity contribution in [1.82, 2.24) is 0 Å². The first-order chi connectivity index (χ1) is 15.7. The van der Waals surface area contributed by atoms with Gasteiger partial charge in [-0.2, -0.15) is 8.78 Å². The van der Waals surface area contributed by atoms with Gasteiger partial charge in [-0.3, -0.25) is 9.36 Å². The summed E-state index contributed by atoms with van der Waals surface area (Å²) in [4.78, 5) is 30.0. The van der Waals surface area contributed by atoms with E-state index in [-0.39, 0.29) is 12.1 Å². The number of benzene rings is 1. The summed E-state index contributed by atoms with van der Waals surface area (Å²) in [5.74, 6) is -0.432. The lowest BCUT2D eigenvalue weighted by atomic mass is 10.0. The van der Waals surface area contributed by atoms with Gasteiger partial charge in [-0.1, -0.05) is 115 Å². The van der Waals surface area contributed by atoms with E-state index in [4.69, 9.17) is 9.79 Å². The van der Waals surface area contributed by atoms with Crippen molar-refractivity contribution in [2.75, 3.05) is 5.32 Å². The fraction of sp³-hybridized carbons (Fsp3) is 0.720. The van der Waals surface area contributed by atoms with Crippen LogP contribution in [0.25, 0.3) is 0 Å². The van der Waals surface area contributed by atoms with Gasteiger partial charge in [-0.05, 0) is 12.5 Å². The Kier molecular flexibility index (Phi) is 14.7. The Bertz CT molecular complexity index is 724. The van der Waals surface area contributed by atoms with Gasteiger partial charge in [-0.15, -0.1) is 0 Å². The molecule has 0 radical (unpaired) electrons. The molecule has 190 valence electrons. The van der Waals surface area contributed by atoms with E-state index < -0.39 is 24.7 Å². The molecule has 0 aliphatic carbocycles. The van der Waals surface area contributed by atoms with Gasteiger partial charge >= 0.3 is 13.3 Å². The number of anilines is 1. The molecule has 0 aliphatic heterocycles. The predicted molar refractivity (Wildman–Crippen MR) is 131 cm³/mol. The number of nitrogens with one attached hydrogen (secondary N) is 1. The van der Waals surface area contributed by atoms with Gasteiger partial charge in [0.15, 0.2) is 0 Å². The van der Waals surface area contributed by atoms with E-state index in [9.17, 15) is 18.1 Å². The quantitative estimate of drug-likeness (QED) is 0.135. The van der Waals surface area contributed by atoms with Crippen LogP contribution in [0.3, 0.4) is 0 Å². The zero-order chi connectivity index (χ0) is 24.6. The maximum atomic E-state index is 14.1. The Balaban J connectivity index is 2.12. The number of halogens is 2. The van der Waals surface area contributed by atoms with Gasteiger partial charge in [-0.25, -0.2) is 0 Å². The number of unbranched alkanes of at least 4 members (excludes halogenated alkanes) is 14. The first kappa shape index (κ1) is 29.7. The number of carbonyl (C=O) groups excluding carboxylic acids is 1. The summed E-state index contributed by atoms with van der Waals surface area (Å²) < 4.78 is 39.3. The number of para-hydroxylation sites is 1. The van der Waals surface area contributed by atoms with E-state index >= 15 is 0 Å². The molecule has 0 unspecified atom stereocenters. The highest BCUT2D eigenvalue weighted by molar-refractivity contribution is 7.52. The minimum atomic E-state index is -5.70. The van der Waals surface area contributed by atoms with E-state index in [1.807, 2.05) is 0 Å². The van der Waals surface area contributed by atoms with Crippen LogP contribution in [0, 0.1) is 0 Å². The minimum absolute atomic E-state index is 0.189. The Morgan fingerprint density at radius 3 is 1.70 bits per heavy atom. The molecule has 0 bridgehead atoms. The molecule has 0 atom stereocenters. The Morgan fingerprint density at radius 2 is 1.24 bits per heavy atom. The molecule has 0 saturated carbocycles. The number of hydrogen-bond donors (Lipinski definition) is 3. The highest BCUT2D eigenvalue weighted by Gasteiger charge is 2.51. The molecule has 0 aromatic heterocycles. The summed E-state index contributed by atoms with van der Waals surface area (Å²) in [7, 11) is -5.70. The van der Waals surface area contributed by atoms with Crippen molar-refractivity contribution in [2.45, 2.75) is 115 Å². The third kappa shape index (κ3) is 12.1. The van der Waals surface area contributed by atoms with Crippen molar-refractivity contribution < 1.29 is 27.9 Å². The summed E-state index contributed by atoms with van der Waals surface area (Å²) in [6, 6.07) is 4.83. The molecule has 1 amide bonds. The third-order valence-corrected chi connectivity index (χ3v) is 6.87. The van der Waals surface area contributed by atoms with Crippen LogP contribution in [-0.2, 0) is 15.0 Å². The van der Waals surface area contributed by atoms with Crippen molar-refractivity contribution in [3.05, 3.63) is 29.8 Å². The van der Waals surface area contributed by atoms with Crippen molar-refractivity contribution in [3.8, 4) is 0 Å². The second-order valence-corrected chi connectivity index (χ2v) is 10.5. The van der Waals surface area contributed by atoms with Gasteiger partial charge < -0.3 is 15.1 Å². The summed E-state index contributed by atoms with van der Waals surface area (Å²) in [5.41, 5.74) is -5.49. The van der Waals surface area contributed by atoms with Gasteiger partial charge in [0.25, 0.3) is 0 Å². The van der Waals surface area contributed by atoms with Gasteiger partial charge in [0.05, 0.1) is 11.3 Å². The van der Waals surface area contributed by atoms with Crippen LogP contribution in [0.1, 0.15) is 115 Å². The van der Waals surface area contributed by atoms with Gasteiger partial charge in [0.2, 0.25) is 5.91 Å². The molecule has 5 nitrogen and oxygen atoms in total. The molecule has 1 rings (SSSR count). The first-order valence-corrected chi connectivity index (χ1v) is 14.1. The topological polar surface area (TPSA) is 86.6 Å². The minimum Gasteiger partial charge on any atom is -0.326 e. The van der Waals surface area contributed by atoms with E-state index in [0.717, 1.165) is 25.3 Å². The fourth-order valence-corrected chi connectivity index (χ4v) is 4.39.